The van der Waals surface area contributed by atoms with Crippen LogP contribution in [0.15, 0.2) is 64.9 Å². The smallest absolute Gasteiger partial charge is 0.263 e. The first kappa shape index (κ1) is 18.0. The fourth-order valence-electron chi connectivity index (χ4n) is 2.11. The summed E-state index contributed by atoms with van der Waals surface area (Å²) in [5.41, 5.74) is 0.900. The average molecular weight is 391 g/mol. The number of aromatic nitrogens is 1. The van der Waals surface area contributed by atoms with Gasteiger partial charge in [-0.05, 0) is 36.4 Å². The van der Waals surface area contributed by atoms with Crippen LogP contribution in [0, 0.1) is 5.82 Å². The molecule has 134 valence electrons. The molecule has 0 spiro atoms. The second-order valence-electron chi connectivity index (χ2n) is 5.29. The minimum Gasteiger partial charge on any atom is -0.326 e. The lowest BCUT2D eigenvalue weighted by molar-refractivity contribution is -0.115. The van der Waals surface area contributed by atoms with Crippen molar-refractivity contribution in [2.24, 2.45) is 0 Å². The van der Waals surface area contributed by atoms with Crippen molar-refractivity contribution in [3.63, 3.8) is 0 Å². The SMILES string of the molecule is O=C(Cc1csc(NS(=O)(=O)c2ccccc2)n1)Nc1ccc(F)cc1. The van der Waals surface area contributed by atoms with Crippen molar-refractivity contribution in [3.05, 3.63) is 71.5 Å². The number of carbonyl (C=O) groups is 1. The van der Waals surface area contributed by atoms with E-state index in [0.29, 0.717) is 11.4 Å². The molecule has 0 saturated heterocycles. The van der Waals surface area contributed by atoms with Crippen molar-refractivity contribution >= 4 is 38.1 Å². The Balaban J connectivity index is 1.62. The zero-order valence-electron chi connectivity index (χ0n) is 13.3. The number of halogens is 1. The minimum atomic E-state index is -3.72. The highest BCUT2D eigenvalue weighted by molar-refractivity contribution is 7.93. The maximum atomic E-state index is 12.9. The molecule has 0 unspecified atom stereocenters. The van der Waals surface area contributed by atoms with E-state index in [9.17, 15) is 17.6 Å². The van der Waals surface area contributed by atoms with Crippen LogP contribution in [0.5, 0.6) is 0 Å². The molecule has 3 aromatic rings. The van der Waals surface area contributed by atoms with Gasteiger partial charge in [-0.1, -0.05) is 18.2 Å². The van der Waals surface area contributed by atoms with Crippen LogP contribution >= 0.6 is 11.3 Å². The second kappa shape index (κ2) is 7.63. The van der Waals surface area contributed by atoms with Crippen LogP contribution in [0.25, 0.3) is 0 Å². The summed E-state index contributed by atoms with van der Waals surface area (Å²) in [6, 6.07) is 13.3. The molecular formula is C17H14FN3O3S2. The van der Waals surface area contributed by atoms with E-state index < -0.39 is 15.8 Å². The van der Waals surface area contributed by atoms with Gasteiger partial charge in [0.15, 0.2) is 5.13 Å². The number of amides is 1. The third-order valence-corrected chi connectivity index (χ3v) is 5.59. The van der Waals surface area contributed by atoms with Gasteiger partial charge in [-0.15, -0.1) is 11.3 Å². The molecule has 1 heterocycles. The lowest BCUT2D eigenvalue weighted by atomic mass is 10.3. The Morgan fingerprint density at radius 2 is 1.77 bits per heavy atom. The number of thiazole rings is 1. The van der Waals surface area contributed by atoms with Gasteiger partial charge in [0.25, 0.3) is 10.0 Å². The van der Waals surface area contributed by atoms with Gasteiger partial charge in [-0.25, -0.2) is 17.8 Å². The van der Waals surface area contributed by atoms with Gasteiger partial charge >= 0.3 is 0 Å². The summed E-state index contributed by atoms with van der Waals surface area (Å²) in [7, 11) is -3.72. The largest absolute Gasteiger partial charge is 0.326 e. The van der Waals surface area contributed by atoms with Gasteiger partial charge in [0.2, 0.25) is 5.91 Å². The van der Waals surface area contributed by atoms with Crippen LogP contribution in [0.2, 0.25) is 0 Å². The van der Waals surface area contributed by atoms with Crippen LogP contribution in [-0.4, -0.2) is 19.3 Å². The molecule has 1 aromatic heterocycles. The van der Waals surface area contributed by atoms with Crippen molar-refractivity contribution in [1.29, 1.82) is 0 Å². The van der Waals surface area contributed by atoms with Crippen LogP contribution in [0.4, 0.5) is 15.2 Å². The molecule has 0 aliphatic carbocycles. The van der Waals surface area contributed by atoms with E-state index in [4.69, 9.17) is 0 Å². The van der Waals surface area contributed by atoms with Crippen molar-refractivity contribution in [2.45, 2.75) is 11.3 Å². The molecule has 0 aliphatic heterocycles. The molecule has 0 bridgehead atoms. The van der Waals surface area contributed by atoms with E-state index >= 15 is 0 Å². The first-order valence-electron chi connectivity index (χ1n) is 7.50. The van der Waals surface area contributed by atoms with E-state index in [1.807, 2.05) is 0 Å². The standard InChI is InChI=1S/C17H14FN3O3S2/c18-12-6-8-13(9-7-12)19-16(22)10-14-11-25-17(20-14)21-26(23,24)15-4-2-1-3-5-15/h1-9,11H,10H2,(H,19,22)(H,20,21). The molecule has 0 aliphatic rings. The molecule has 0 saturated carbocycles. The molecule has 26 heavy (non-hydrogen) atoms. The summed E-state index contributed by atoms with van der Waals surface area (Å²) >= 11 is 1.09. The summed E-state index contributed by atoms with van der Waals surface area (Å²) in [6.45, 7) is 0. The Bertz CT molecular complexity index is 1000. The van der Waals surface area contributed by atoms with Crippen molar-refractivity contribution in [1.82, 2.24) is 4.98 Å². The van der Waals surface area contributed by atoms with Gasteiger partial charge < -0.3 is 5.32 Å². The number of carbonyl (C=O) groups excluding carboxylic acids is 1. The molecule has 9 heteroatoms. The maximum Gasteiger partial charge on any atom is 0.263 e. The monoisotopic (exact) mass is 391 g/mol. The number of rotatable bonds is 6. The average Bonchev–Trinajstić information content (AvgIpc) is 3.03. The molecule has 2 aromatic carbocycles. The van der Waals surface area contributed by atoms with Gasteiger partial charge in [-0.2, -0.15) is 0 Å². The first-order valence-corrected chi connectivity index (χ1v) is 9.86. The molecule has 6 nitrogen and oxygen atoms in total. The number of benzene rings is 2. The van der Waals surface area contributed by atoms with Crippen molar-refractivity contribution in [2.75, 3.05) is 10.0 Å². The van der Waals surface area contributed by atoms with Gasteiger partial charge in [-0.3, -0.25) is 9.52 Å². The molecule has 0 radical (unpaired) electrons. The predicted octanol–water partition coefficient (Wildman–Crippen LogP) is 3.26. The zero-order valence-corrected chi connectivity index (χ0v) is 15.0. The Morgan fingerprint density at radius 1 is 1.08 bits per heavy atom. The van der Waals surface area contributed by atoms with E-state index in [1.54, 1.807) is 23.6 Å². The lowest BCUT2D eigenvalue weighted by Crippen LogP contribution is -2.15. The Labute approximate surface area is 153 Å². The number of nitrogens with zero attached hydrogens (tertiary/aromatic N) is 1. The topological polar surface area (TPSA) is 88.2 Å². The Hall–Kier alpha value is -2.78. The minimum absolute atomic E-state index is 0.0268. The molecule has 3 rings (SSSR count). The van der Waals surface area contributed by atoms with Crippen LogP contribution in [0.1, 0.15) is 5.69 Å². The van der Waals surface area contributed by atoms with E-state index in [0.717, 1.165) is 11.3 Å². The predicted molar refractivity (Wildman–Crippen MR) is 98.1 cm³/mol. The normalized spacial score (nSPS) is 11.1. The van der Waals surface area contributed by atoms with E-state index in [2.05, 4.69) is 15.0 Å². The number of nitrogens with one attached hydrogen (secondary N) is 2. The number of hydrogen-bond donors (Lipinski definition) is 2. The number of sulfonamides is 1. The van der Waals surface area contributed by atoms with E-state index in [1.165, 1.54) is 36.4 Å². The highest BCUT2D eigenvalue weighted by Gasteiger charge is 2.16. The summed E-state index contributed by atoms with van der Waals surface area (Å²) in [5, 5.41) is 4.40. The summed E-state index contributed by atoms with van der Waals surface area (Å²) in [4.78, 5) is 16.3. The lowest BCUT2D eigenvalue weighted by Gasteiger charge is -2.05. The fourth-order valence-corrected chi connectivity index (χ4v) is 4.10. The summed E-state index contributed by atoms with van der Waals surface area (Å²) in [6.07, 6.45) is -0.0268. The highest BCUT2D eigenvalue weighted by Crippen LogP contribution is 2.20. The second-order valence-corrected chi connectivity index (χ2v) is 7.83. The van der Waals surface area contributed by atoms with Crippen molar-refractivity contribution in [3.8, 4) is 0 Å². The third-order valence-electron chi connectivity index (χ3n) is 3.30. The first-order chi connectivity index (χ1) is 12.4. The Morgan fingerprint density at radius 3 is 2.46 bits per heavy atom. The molecule has 0 atom stereocenters. The van der Waals surface area contributed by atoms with Crippen LogP contribution in [0.3, 0.4) is 0 Å². The molecular weight excluding hydrogens is 377 g/mol. The zero-order chi connectivity index (χ0) is 18.6. The fraction of sp³-hybridized carbons (Fsp3) is 0.0588. The molecule has 2 N–H and O–H groups in total. The quantitative estimate of drug-likeness (QED) is 0.675. The van der Waals surface area contributed by atoms with Gasteiger partial charge in [0, 0.05) is 11.1 Å². The third kappa shape index (κ3) is 4.64. The summed E-state index contributed by atoms with van der Waals surface area (Å²) < 4.78 is 39.7. The summed E-state index contributed by atoms with van der Waals surface area (Å²) in [5.74, 6) is -0.725. The van der Waals surface area contributed by atoms with Gasteiger partial charge in [0.1, 0.15) is 5.82 Å². The number of anilines is 2. The Kier molecular flexibility index (Phi) is 5.29. The maximum absolute atomic E-state index is 12.9. The van der Waals surface area contributed by atoms with E-state index in [-0.39, 0.29) is 22.4 Å². The van der Waals surface area contributed by atoms with Crippen molar-refractivity contribution < 1.29 is 17.6 Å². The highest BCUT2D eigenvalue weighted by atomic mass is 32.2. The van der Waals surface area contributed by atoms with Crippen LogP contribution < -0.4 is 10.0 Å². The number of hydrogen-bond acceptors (Lipinski definition) is 5. The van der Waals surface area contributed by atoms with Crippen LogP contribution in [-0.2, 0) is 21.2 Å². The van der Waals surface area contributed by atoms with Gasteiger partial charge in [0.05, 0.1) is 17.0 Å². The molecule has 1 amide bonds. The molecule has 0 fully saturated rings.